The molecular weight excluding hydrogens is 388 g/mol. The summed E-state index contributed by atoms with van der Waals surface area (Å²) in [6.45, 7) is 3.30. The number of carbonyl (C=O) groups excluding carboxylic acids is 2. The lowest BCUT2D eigenvalue weighted by Crippen LogP contribution is -2.42. The molecule has 2 heterocycles. The Bertz CT molecular complexity index is 1050. The predicted octanol–water partition coefficient (Wildman–Crippen LogP) is 4.15. The molecule has 0 fully saturated rings. The SMILES string of the molecule is CC(C)OC(=O)CN1C(=O)COc2ccc(-c3csc(-c4ccccc4)n3)cc21. The van der Waals surface area contributed by atoms with E-state index in [9.17, 15) is 9.59 Å². The summed E-state index contributed by atoms with van der Waals surface area (Å²) >= 11 is 1.56. The zero-order chi connectivity index (χ0) is 20.4. The summed E-state index contributed by atoms with van der Waals surface area (Å²) in [4.78, 5) is 30.7. The molecule has 1 aliphatic heterocycles. The fourth-order valence-electron chi connectivity index (χ4n) is 3.08. The minimum atomic E-state index is -0.452. The maximum absolute atomic E-state index is 12.4. The summed E-state index contributed by atoms with van der Waals surface area (Å²) < 4.78 is 10.7. The van der Waals surface area contributed by atoms with Crippen LogP contribution >= 0.6 is 11.3 Å². The van der Waals surface area contributed by atoms with Gasteiger partial charge in [-0.05, 0) is 32.0 Å². The summed E-state index contributed by atoms with van der Waals surface area (Å²) in [5, 5.41) is 2.90. The molecule has 4 rings (SSSR count). The van der Waals surface area contributed by atoms with E-state index in [-0.39, 0.29) is 25.2 Å². The fourth-order valence-corrected chi connectivity index (χ4v) is 3.92. The molecule has 0 saturated heterocycles. The Morgan fingerprint density at radius 3 is 2.76 bits per heavy atom. The van der Waals surface area contributed by atoms with Crippen LogP contribution in [0.3, 0.4) is 0 Å². The zero-order valence-electron chi connectivity index (χ0n) is 16.1. The number of ether oxygens (including phenoxy) is 2. The van der Waals surface area contributed by atoms with Gasteiger partial charge >= 0.3 is 5.97 Å². The number of anilines is 1. The van der Waals surface area contributed by atoms with E-state index in [1.165, 1.54) is 4.90 Å². The lowest BCUT2D eigenvalue weighted by molar-refractivity contribution is -0.146. The van der Waals surface area contributed by atoms with Crippen LogP contribution in [-0.4, -0.2) is 36.1 Å². The first kappa shape index (κ1) is 19.1. The van der Waals surface area contributed by atoms with Crippen LogP contribution in [0.1, 0.15) is 13.8 Å². The van der Waals surface area contributed by atoms with E-state index in [2.05, 4.69) is 0 Å². The smallest absolute Gasteiger partial charge is 0.326 e. The summed E-state index contributed by atoms with van der Waals surface area (Å²) in [6, 6.07) is 15.5. The highest BCUT2D eigenvalue weighted by molar-refractivity contribution is 7.13. The number of rotatable bonds is 5. The Morgan fingerprint density at radius 2 is 2.00 bits per heavy atom. The highest BCUT2D eigenvalue weighted by Gasteiger charge is 2.28. The minimum Gasteiger partial charge on any atom is -0.482 e. The van der Waals surface area contributed by atoms with Gasteiger partial charge in [0.1, 0.15) is 17.3 Å². The molecule has 0 N–H and O–H groups in total. The molecule has 3 aromatic rings. The second kappa shape index (κ2) is 8.05. The van der Waals surface area contributed by atoms with Crippen LogP contribution < -0.4 is 9.64 Å². The first-order valence-corrected chi connectivity index (χ1v) is 10.2. The molecule has 0 radical (unpaired) electrons. The van der Waals surface area contributed by atoms with Crippen molar-refractivity contribution in [3.05, 3.63) is 53.9 Å². The van der Waals surface area contributed by atoms with Crippen molar-refractivity contribution < 1.29 is 19.1 Å². The number of benzene rings is 2. The first-order chi connectivity index (χ1) is 14.0. The molecule has 0 saturated carbocycles. The van der Waals surface area contributed by atoms with Crippen molar-refractivity contribution >= 4 is 28.9 Å². The van der Waals surface area contributed by atoms with E-state index >= 15 is 0 Å². The van der Waals surface area contributed by atoms with Gasteiger partial charge in [0.05, 0.1) is 17.5 Å². The van der Waals surface area contributed by atoms with Gasteiger partial charge in [-0.3, -0.25) is 14.5 Å². The van der Waals surface area contributed by atoms with Gasteiger partial charge in [-0.25, -0.2) is 4.98 Å². The normalized spacial score (nSPS) is 13.2. The fraction of sp³-hybridized carbons (Fsp3) is 0.227. The third kappa shape index (κ3) is 4.14. The molecule has 2 aromatic carbocycles. The molecule has 0 bridgehead atoms. The zero-order valence-corrected chi connectivity index (χ0v) is 16.9. The van der Waals surface area contributed by atoms with Crippen molar-refractivity contribution in [3.8, 4) is 27.6 Å². The molecule has 7 heteroatoms. The van der Waals surface area contributed by atoms with Gasteiger partial charge in [0.2, 0.25) is 0 Å². The van der Waals surface area contributed by atoms with Gasteiger partial charge in [0.15, 0.2) is 6.61 Å². The van der Waals surface area contributed by atoms with E-state index in [4.69, 9.17) is 14.5 Å². The van der Waals surface area contributed by atoms with E-state index in [1.807, 2.05) is 47.8 Å². The van der Waals surface area contributed by atoms with Crippen LogP contribution in [0.25, 0.3) is 21.8 Å². The Labute approximate surface area is 172 Å². The summed E-state index contributed by atoms with van der Waals surface area (Å²) in [5.74, 6) is -0.172. The number of hydrogen-bond donors (Lipinski definition) is 0. The van der Waals surface area contributed by atoms with E-state index < -0.39 is 5.97 Å². The molecule has 0 atom stereocenters. The predicted molar refractivity (Wildman–Crippen MR) is 112 cm³/mol. The molecule has 148 valence electrons. The van der Waals surface area contributed by atoms with Crippen LogP contribution in [0.2, 0.25) is 0 Å². The van der Waals surface area contributed by atoms with Crippen molar-refractivity contribution in [3.63, 3.8) is 0 Å². The number of fused-ring (bicyclic) bond motifs is 1. The van der Waals surface area contributed by atoms with Crippen molar-refractivity contribution in [1.29, 1.82) is 0 Å². The highest BCUT2D eigenvalue weighted by atomic mass is 32.1. The average Bonchev–Trinajstić information content (AvgIpc) is 3.20. The number of aromatic nitrogens is 1. The Morgan fingerprint density at radius 1 is 1.21 bits per heavy atom. The molecule has 0 unspecified atom stereocenters. The van der Waals surface area contributed by atoms with E-state index in [1.54, 1.807) is 31.3 Å². The largest absolute Gasteiger partial charge is 0.482 e. The van der Waals surface area contributed by atoms with Gasteiger partial charge in [-0.2, -0.15) is 0 Å². The maximum Gasteiger partial charge on any atom is 0.326 e. The van der Waals surface area contributed by atoms with Crippen molar-refractivity contribution in [2.45, 2.75) is 20.0 Å². The number of amides is 1. The standard InChI is InChI=1S/C22H20N2O4S/c1-14(2)28-21(26)11-24-18-10-16(8-9-19(18)27-12-20(24)25)17-13-29-22(23-17)15-6-4-3-5-7-15/h3-10,13-14H,11-12H2,1-2H3. The quantitative estimate of drug-likeness (QED) is 0.593. The number of carbonyl (C=O) groups is 2. The Balaban J connectivity index is 1.64. The summed E-state index contributed by atoms with van der Waals surface area (Å²) in [7, 11) is 0. The third-order valence-corrected chi connectivity index (χ3v) is 5.27. The van der Waals surface area contributed by atoms with Crippen LogP contribution in [-0.2, 0) is 14.3 Å². The second-order valence-corrected chi connectivity index (χ2v) is 7.75. The van der Waals surface area contributed by atoms with Gasteiger partial charge in [-0.1, -0.05) is 30.3 Å². The van der Waals surface area contributed by atoms with Gasteiger partial charge in [-0.15, -0.1) is 11.3 Å². The lowest BCUT2D eigenvalue weighted by atomic mass is 10.1. The highest BCUT2D eigenvalue weighted by Crippen LogP contribution is 2.37. The summed E-state index contributed by atoms with van der Waals surface area (Å²) in [6.07, 6.45) is -0.240. The number of hydrogen-bond acceptors (Lipinski definition) is 6. The molecule has 0 aliphatic carbocycles. The van der Waals surface area contributed by atoms with Crippen molar-refractivity contribution in [2.24, 2.45) is 0 Å². The van der Waals surface area contributed by atoms with Gasteiger partial charge in [0, 0.05) is 16.5 Å². The Kier molecular flexibility index (Phi) is 5.31. The molecular formula is C22H20N2O4S. The van der Waals surface area contributed by atoms with Crippen LogP contribution in [0.5, 0.6) is 5.75 Å². The van der Waals surface area contributed by atoms with E-state index in [0.717, 1.165) is 21.8 Å². The monoisotopic (exact) mass is 408 g/mol. The topological polar surface area (TPSA) is 68.7 Å². The van der Waals surface area contributed by atoms with Crippen LogP contribution in [0.4, 0.5) is 5.69 Å². The molecule has 29 heavy (non-hydrogen) atoms. The van der Waals surface area contributed by atoms with Crippen molar-refractivity contribution in [1.82, 2.24) is 4.98 Å². The lowest BCUT2D eigenvalue weighted by Gasteiger charge is -2.29. The Hall–Kier alpha value is -3.19. The van der Waals surface area contributed by atoms with Crippen LogP contribution in [0, 0.1) is 0 Å². The third-order valence-electron chi connectivity index (χ3n) is 4.38. The molecule has 1 aliphatic rings. The van der Waals surface area contributed by atoms with Gasteiger partial charge < -0.3 is 9.47 Å². The first-order valence-electron chi connectivity index (χ1n) is 9.29. The maximum atomic E-state index is 12.4. The molecule has 0 spiro atoms. The van der Waals surface area contributed by atoms with Crippen LogP contribution in [0.15, 0.2) is 53.9 Å². The molecule has 1 aromatic heterocycles. The molecule has 1 amide bonds. The molecule has 6 nitrogen and oxygen atoms in total. The number of thiazole rings is 1. The van der Waals surface area contributed by atoms with E-state index in [0.29, 0.717) is 11.4 Å². The number of nitrogens with zero attached hydrogens (tertiary/aromatic N) is 2. The summed E-state index contributed by atoms with van der Waals surface area (Å²) in [5.41, 5.74) is 3.26. The second-order valence-electron chi connectivity index (χ2n) is 6.89. The number of esters is 1. The average molecular weight is 408 g/mol. The van der Waals surface area contributed by atoms with Gasteiger partial charge in [0.25, 0.3) is 5.91 Å². The van der Waals surface area contributed by atoms with Crippen molar-refractivity contribution in [2.75, 3.05) is 18.1 Å². The minimum absolute atomic E-state index is 0.101.